The molecule has 0 radical (unpaired) electrons. The van der Waals surface area contributed by atoms with Crippen LogP contribution in [-0.4, -0.2) is 20.5 Å². The largest absolute Gasteiger partial charge is 0.416 e. The highest BCUT2D eigenvalue weighted by atomic mass is 32.2. The van der Waals surface area contributed by atoms with Gasteiger partial charge < -0.3 is 0 Å². The van der Waals surface area contributed by atoms with E-state index in [2.05, 4.69) is 0 Å². The molecular formula is C14H13F3O3S. The molecule has 0 unspecified atom stereocenters. The molecule has 114 valence electrons. The summed E-state index contributed by atoms with van der Waals surface area (Å²) in [5.74, 6) is -0.160. The summed E-state index contributed by atoms with van der Waals surface area (Å²) in [5, 5.41) is 0. The smallest absolute Gasteiger partial charge is 0.295 e. The molecule has 0 amide bonds. The molecule has 1 aliphatic carbocycles. The van der Waals surface area contributed by atoms with E-state index in [1.54, 1.807) is 0 Å². The maximum atomic E-state index is 12.6. The summed E-state index contributed by atoms with van der Waals surface area (Å²) in [4.78, 5) is 11.1. The molecule has 0 bridgehead atoms. The molecular weight excluding hydrogens is 305 g/mol. The van der Waals surface area contributed by atoms with Gasteiger partial charge in [0.1, 0.15) is 0 Å². The first-order chi connectivity index (χ1) is 9.59. The molecule has 0 atom stereocenters. The zero-order valence-corrected chi connectivity index (χ0v) is 12.0. The van der Waals surface area contributed by atoms with E-state index in [9.17, 15) is 26.4 Å². The Morgan fingerprint density at radius 1 is 1.29 bits per heavy atom. The van der Waals surface area contributed by atoms with Crippen LogP contribution in [0.4, 0.5) is 13.2 Å². The summed E-state index contributed by atoms with van der Waals surface area (Å²) < 4.78 is 61.2. The van der Waals surface area contributed by atoms with Gasteiger partial charge in [-0.15, -0.1) is 0 Å². The molecule has 21 heavy (non-hydrogen) atoms. The Balaban J connectivity index is 2.43. The number of alkyl halides is 3. The number of hydrogen-bond donors (Lipinski definition) is 0. The van der Waals surface area contributed by atoms with Crippen molar-refractivity contribution in [2.75, 3.05) is 6.26 Å². The van der Waals surface area contributed by atoms with Crippen molar-refractivity contribution in [2.24, 2.45) is 5.92 Å². The van der Waals surface area contributed by atoms with Gasteiger partial charge in [-0.1, -0.05) is 12.1 Å². The highest BCUT2D eigenvalue weighted by Gasteiger charge is 2.32. The summed E-state index contributed by atoms with van der Waals surface area (Å²) >= 11 is 0. The molecule has 0 aliphatic heterocycles. The molecule has 1 aromatic carbocycles. The summed E-state index contributed by atoms with van der Waals surface area (Å²) in [6.45, 7) is 0. The monoisotopic (exact) mass is 318 g/mol. The number of sulfone groups is 1. The normalized spacial score (nSPS) is 16.4. The minimum Gasteiger partial charge on any atom is -0.295 e. The third-order valence-electron chi connectivity index (χ3n) is 3.15. The Labute approximate surface area is 120 Å². The number of allylic oxidation sites excluding steroid dienone is 1. The fourth-order valence-corrected chi connectivity index (χ4v) is 2.75. The topological polar surface area (TPSA) is 51.2 Å². The minimum absolute atomic E-state index is 0.0302. The van der Waals surface area contributed by atoms with Gasteiger partial charge in [-0.05, 0) is 36.6 Å². The van der Waals surface area contributed by atoms with Crippen molar-refractivity contribution in [1.82, 2.24) is 0 Å². The molecule has 0 aromatic heterocycles. The van der Waals surface area contributed by atoms with Crippen molar-refractivity contribution >= 4 is 21.7 Å². The third-order valence-corrected chi connectivity index (χ3v) is 4.30. The van der Waals surface area contributed by atoms with Gasteiger partial charge in [0.15, 0.2) is 15.6 Å². The molecule has 0 spiro atoms. The van der Waals surface area contributed by atoms with Gasteiger partial charge in [0.05, 0.1) is 10.5 Å². The molecule has 1 fully saturated rings. The van der Waals surface area contributed by atoms with Gasteiger partial charge in [0, 0.05) is 12.2 Å². The second-order valence-electron chi connectivity index (χ2n) is 5.03. The average Bonchev–Trinajstić information content (AvgIpc) is 3.17. The van der Waals surface area contributed by atoms with E-state index in [1.165, 1.54) is 12.2 Å². The molecule has 0 heterocycles. The molecule has 1 aromatic rings. The van der Waals surface area contributed by atoms with Crippen molar-refractivity contribution in [2.45, 2.75) is 23.9 Å². The molecule has 0 saturated heterocycles. The first kappa shape index (κ1) is 15.8. The van der Waals surface area contributed by atoms with Crippen molar-refractivity contribution in [3.05, 3.63) is 35.4 Å². The van der Waals surface area contributed by atoms with Crippen molar-refractivity contribution in [1.29, 1.82) is 0 Å². The van der Waals surface area contributed by atoms with Crippen LogP contribution < -0.4 is 0 Å². The van der Waals surface area contributed by atoms with E-state index in [4.69, 9.17) is 0 Å². The van der Waals surface area contributed by atoms with E-state index < -0.39 is 26.5 Å². The Morgan fingerprint density at radius 2 is 1.90 bits per heavy atom. The number of rotatable bonds is 4. The first-order valence-corrected chi connectivity index (χ1v) is 8.11. The molecule has 2 rings (SSSR count). The Morgan fingerprint density at radius 3 is 2.38 bits per heavy atom. The van der Waals surface area contributed by atoms with Gasteiger partial charge in [0.2, 0.25) is 0 Å². The maximum Gasteiger partial charge on any atom is 0.416 e. The Hall–Kier alpha value is -1.63. The van der Waals surface area contributed by atoms with Crippen LogP contribution >= 0.6 is 0 Å². The second-order valence-corrected chi connectivity index (χ2v) is 7.02. The van der Waals surface area contributed by atoms with Gasteiger partial charge >= 0.3 is 6.18 Å². The zero-order valence-electron chi connectivity index (χ0n) is 11.1. The highest BCUT2D eigenvalue weighted by molar-refractivity contribution is 7.90. The zero-order chi connectivity index (χ0) is 15.8. The fourth-order valence-electron chi connectivity index (χ4n) is 1.85. The number of carbonyl (C=O) groups excluding carboxylic acids is 1. The van der Waals surface area contributed by atoms with Crippen molar-refractivity contribution in [3.63, 3.8) is 0 Å². The predicted molar refractivity (Wildman–Crippen MR) is 71.3 cm³/mol. The van der Waals surface area contributed by atoms with Crippen LogP contribution in [0.3, 0.4) is 0 Å². The van der Waals surface area contributed by atoms with Gasteiger partial charge in [-0.2, -0.15) is 13.2 Å². The number of hydrogen-bond acceptors (Lipinski definition) is 3. The first-order valence-electron chi connectivity index (χ1n) is 6.22. The number of halogens is 3. The highest BCUT2D eigenvalue weighted by Crippen LogP contribution is 2.33. The van der Waals surface area contributed by atoms with Crippen LogP contribution in [0, 0.1) is 5.92 Å². The summed E-state index contributed by atoms with van der Waals surface area (Å²) in [6.07, 6.45) is 0.310. The average molecular weight is 318 g/mol. The molecule has 3 nitrogen and oxygen atoms in total. The Kier molecular flexibility index (Phi) is 3.97. The molecule has 1 aliphatic rings. The molecule has 7 heteroatoms. The lowest BCUT2D eigenvalue weighted by Crippen LogP contribution is -2.08. The third kappa shape index (κ3) is 3.93. The van der Waals surface area contributed by atoms with Crippen molar-refractivity contribution in [3.8, 4) is 0 Å². The van der Waals surface area contributed by atoms with Crippen LogP contribution in [0.2, 0.25) is 0 Å². The van der Waals surface area contributed by atoms with E-state index in [0.29, 0.717) is 6.07 Å². The summed E-state index contributed by atoms with van der Waals surface area (Å²) in [7, 11) is -3.83. The van der Waals surface area contributed by atoms with E-state index in [-0.39, 0.29) is 17.3 Å². The number of carbonyl (C=O) groups is 1. The van der Waals surface area contributed by atoms with Gasteiger partial charge in [-0.25, -0.2) is 8.42 Å². The van der Waals surface area contributed by atoms with E-state index >= 15 is 0 Å². The van der Waals surface area contributed by atoms with E-state index in [1.807, 2.05) is 0 Å². The van der Waals surface area contributed by atoms with Crippen molar-refractivity contribution < 1.29 is 26.4 Å². The molecule has 1 saturated carbocycles. The fraction of sp³-hybridized carbons (Fsp3) is 0.357. The van der Waals surface area contributed by atoms with Gasteiger partial charge in [0.25, 0.3) is 0 Å². The van der Waals surface area contributed by atoms with Crippen LogP contribution in [0.1, 0.15) is 24.0 Å². The van der Waals surface area contributed by atoms with Gasteiger partial charge in [-0.3, -0.25) is 4.79 Å². The molecule has 0 N–H and O–H groups in total. The SMILES string of the molecule is CS(=O)(=O)c1cc(C(F)(F)F)ccc1/C=C/C(=O)C1CC1. The van der Waals surface area contributed by atoms with Crippen LogP contribution in [0.5, 0.6) is 0 Å². The lowest BCUT2D eigenvalue weighted by molar-refractivity contribution is -0.137. The Bertz CT molecular complexity index is 699. The second kappa shape index (κ2) is 5.29. The quantitative estimate of drug-likeness (QED) is 0.802. The number of ketones is 1. The predicted octanol–water partition coefficient (Wildman–Crippen LogP) is 3.10. The maximum absolute atomic E-state index is 12.6. The van der Waals surface area contributed by atoms with E-state index in [0.717, 1.165) is 31.2 Å². The lowest BCUT2D eigenvalue weighted by Gasteiger charge is -2.10. The minimum atomic E-state index is -4.62. The summed E-state index contributed by atoms with van der Waals surface area (Å²) in [6, 6.07) is 2.46. The standard InChI is InChI=1S/C14H13F3O3S/c1-21(19,20)13-8-11(14(15,16)17)6-4-10(13)5-7-12(18)9-2-3-9/h4-9H,2-3H2,1H3/b7-5+. The number of benzene rings is 1. The lowest BCUT2D eigenvalue weighted by atomic mass is 10.1. The van der Waals surface area contributed by atoms with Crippen LogP contribution in [0.25, 0.3) is 6.08 Å². The summed E-state index contributed by atoms with van der Waals surface area (Å²) in [5.41, 5.74) is -0.951. The van der Waals surface area contributed by atoms with Crippen LogP contribution in [0.15, 0.2) is 29.2 Å². The van der Waals surface area contributed by atoms with Crippen LogP contribution in [-0.2, 0) is 20.8 Å².